The minimum absolute atomic E-state index is 0.0889. The maximum Gasteiger partial charge on any atom is 0.312 e. The molecule has 5 nitrogen and oxygen atoms in total. The second-order valence-corrected chi connectivity index (χ2v) is 5.41. The van der Waals surface area contributed by atoms with E-state index in [-0.39, 0.29) is 5.91 Å². The van der Waals surface area contributed by atoms with Crippen molar-refractivity contribution in [3.63, 3.8) is 0 Å². The Morgan fingerprint density at radius 2 is 2.05 bits per heavy atom. The molecule has 1 aliphatic heterocycles. The van der Waals surface area contributed by atoms with Crippen LogP contribution < -0.4 is 11.1 Å². The maximum absolute atomic E-state index is 12.4. The minimum atomic E-state index is -0.549. The summed E-state index contributed by atoms with van der Waals surface area (Å²) in [6.07, 6.45) is 2.27. The maximum atomic E-state index is 12.4. The lowest BCUT2D eigenvalue weighted by Gasteiger charge is -2.31. The number of nitrogens with one attached hydrogen (secondary N) is 1. The molecule has 1 heterocycles. The number of piperidine rings is 1. The van der Waals surface area contributed by atoms with Gasteiger partial charge in [-0.05, 0) is 36.5 Å². The van der Waals surface area contributed by atoms with Gasteiger partial charge in [0.25, 0.3) is 5.91 Å². The van der Waals surface area contributed by atoms with Gasteiger partial charge in [-0.3, -0.25) is 4.79 Å². The van der Waals surface area contributed by atoms with E-state index < -0.39 is 6.03 Å². The molecule has 1 fully saturated rings. The smallest absolute Gasteiger partial charge is 0.312 e. The number of rotatable bonds is 3. The SMILES string of the molecule is CC1CCCN(C(=O)c2ccc(CNC(N)=O)cc2)C1. The summed E-state index contributed by atoms with van der Waals surface area (Å²) in [4.78, 5) is 24.9. The zero-order valence-corrected chi connectivity index (χ0v) is 11.8. The van der Waals surface area contributed by atoms with Crippen LogP contribution in [-0.4, -0.2) is 29.9 Å². The first-order chi connectivity index (χ1) is 9.56. The van der Waals surface area contributed by atoms with E-state index in [2.05, 4.69) is 12.2 Å². The summed E-state index contributed by atoms with van der Waals surface area (Å²) < 4.78 is 0. The van der Waals surface area contributed by atoms with Crippen LogP contribution in [0, 0.1) is 5.92 Å². The Kier molecular flexibility index (Phi) is 4.61. The van der Waals surface area contributed by atoms with Crippen LogP contribution >= 0.6 is 0 Å². The predicted molar refractivity (Wildman–Crippen MR) is 77.2 cm³/mol. The highest BCUT2D eigenvalue weighted by Gasteiger charge is 2.21. The van der Waals surface area contributed by atoms with Crippen molar-refractivity contribution in [3.8, 4) is 0 Å². The molecule has 1 unspecified atom stereocenters. The lowest BCUT2D eigenvalue weighted by molar-refractivity contribution is 0.0683. The molecule has 0 bridgehead atoms. The van der Waals surface area contributed by atoms with Gasteiger partial charge in [0.1, 0.15) is 0 Å². The molecule has 2 rings (SSSR count). The van der Waals surface area contributed by atoms with Crippen LogP contribution in [-0.2, 0) is 6.54 Å². The molecular weight excluding hydrogens is 254 g/mol. The van der Waals surface area contributed by atoms with Crippen LogP contribution in [0.15, 0.2) is 24.3 Å². The van der Waals surface area contributed by atoms with Crippen molar-refractivity contribution in [2.45, 2.75) is 26.3 Å². The minimum Gasteiger partial charge on any atom is -0.352 e. The highest BCUT2D eigenvalue weighted by atomic mass is 16.2. The van der Waals surface area contributed by atoms with E-state index >= 15 is 0 Å². The third kappa shape index (κ3) is 3.73. The predicted octanol–water partition coefficient (Wildman–Crippen LogP) is 1.73. The van der Waals surface area contributed by atoms with E-state index in [1.165, 1.54) is 6.42 Å². The molecule has 0 spiro atoms. The summed E-state index contributed by atoms with van der Waals surface area (Å²) in [5.41, 5.74) is 6.64. The first-order valence-electron chi connectivity index (χ1n) is 6.98. The topological polar surface area (TPSA) is 75.4 Å². The summed E-state index contributed by atoms with van der Waals surface area (Å²) in [7, 11) is 0. The fourth-order valence-corrected chi connectivity index (χ4v) is 2.51. The van der Waals surface area contributed by atoms with Gasteiger partial charge < -0.3 is 16.0 Å². The largest absolute Gasteiger partial charge is 0.352 e. The van der Waals surface area contributed by atoms with E-state index in [1.807, 2.05) is 17.0 Å². The molecular formula is C15H21N3O2. The van der Waals surface area contributed by atoms with Crippen LogP contribution in [0.3, 0.4) is 0 Å². The average molecular weight is 275 g/mol. The molecule has 0 aromatic heterocycles. The van der Waals surface area contributed by atoms with Gasteiger partial charge in [0.15, 0.2) is 0 Å². The average Bonchev–Trinajstić information content (AvgIpc) is 2.45. The van der Waals surface area contributed by atoms with E-state index in [4.69, 9.17) is 5.73 Å². The van der Waals surface area contributed by atoms with Crippen LogP contribution in [0.25, 0.3) is 0 Å². The van der Waals surface area contributed by atoms with Gasteiger partial charge in [-0.15, -0.1) is 0 Å². The molecule has 1 aromatic rings. The van der Waals surface area contributed by atoms with Crippen molar-refractivity contribution in [1.82, 2.24) is 10.2 Å². The first kappa shape index (κ1) is 14.4. The van der Waals surface area contributed by atoms with Gasteiger partial charge in [0.05, 0.1) is 0 Å². The lowest BCUT2D eigenvalue weighted by atomic mass is 9.99. The van der Waals surface area contributed by atoms with E-state index in [0.717, 1.165) is 25.1 Å². The number of nitrogens with two attached hydrogens (primary N) is 1. The number of urea groups is 1. The molecule has 1 aromatic carbocycles. The fourth-order valence-electron chi connectivity index (χ4n) is 2.51. The number of carbonyl (C=O) groups is 2. The van der Waals surface area contributed by atoms with Crippen LogP contribution in [0.4, 0.5) is 4.79 Å². The Bertz CT molecular complexity index is 484. The number of hydrogen-bond acceptors (Lipinski definition) is 2. The summed E-state index contributed by atoms with van der Waals surface area (Å²) in [5.74, 6) is 0.665. The van der Waals surface area contributed by atoms with Crippen molar-refractivity contribution in [2.24, 2.45) is 11.7 Å². The lowest BCUT2D eigenvalue weighted by Crippen LogP contribution is -2.39. The Balaban J connectivity index is 1.98. The normalized spacial score (nSPS) is 18.6. The number of amides is 3. The quantitative estimate of drug-likeness (QED) is 0.881. The second kappa shape index (κ2) is 6.41. The molecule has 5 heteroatoms. The molecule has 0 saturated carbocycles. The zero-order chi connectivity index (χ0) is 14.5. The molecule has 20 heavy (non-hydrogen) atoms. The molecule has 1 saturated heterocycles. The number of benzene rings is 1. The number of nitrogens with zero attached hydrogens (tertiary/aromatic N) is 1. The van der Waals surface area contributed by atoms with Gasteiger partial charge >= 0.3 is 6.03 Å². The van der Waals surface area contributed by atoms with Crippen molar-refractivity contribution in [2.75, 3.05) is 13.1 Å². The Labute approximate surface area is 119 Å². The number of carbonyl (C=O) groups excluding carboxylic acids is 2. The molecule has 0 aliphatic carbocycles. The van der Waals surface area contributed by atoms with E-state index in [1.54, 1.807) is 12.1 Å². The van der Waals surface area contributed by atoms with E-state index in [9.17, 15) is 9.59 Å². The summed E-state index contributed by atoms with van der Waals surface area (Å²) in [6.45, 7) is 4.24. The van der Waals surface area contributed by atoms with Gasteiger partial charge in [-0.1, -0.05) is 19.1 Å². The molecule has 3 amide bonds. The standard InChI is InChI=1S/C15H21N3O2/c1-11-3-2-8-18(10-11)14(19)13-6-4-12(5-7-13)9-17-15(16)20/h4-7,11H,2-3,8-10H2,1H3,(H3,16,17,20). The van der Waals surface area contributed by atoms with Gasteiger partial charge in [-0.25, -0.2) is 4.79 Å². The summed E-state index contributed by atoms with van der Waals surface area (Å²) >= 11 is 0. The summed E-state index contributed by atoms with van der Waals surface area (Å²) in [5, 5.41) is 2.52. The molecule has 0 radical (unpaired) electrons. The Hall–Kier alpha value is -2.04. The number of hydrogen-bond donors (Lipinski definition) is 2. The third-order valence-electron chi connectivity index (χ3n) is 3.61. The number of primary amides is 1. The van der Waals surface area contributed by atoms with Gasteiger partial charge in [0, 0.05) is 25.2 Å². The second-order valence-electron chi connectivity index (χ2n) is 5.41. The Morgan fingerprint density at radius 3 is 2.65 bits per heavy atom. The molecule has 1 aliphatic rings. The van der Waals surface area contributed by atoms with Crippen LogP contribution in [0.1, 0.15) is 35.7 Å². The van der Waals surface area contributed by atoms with Crippen molar-refractivity contribution < 1.29 is 9.59 Å². The van der Waals surface area contributed by atoms with Crippen LogP contribution in [0.2, 0.25) is 0 Å². The van der Waals surface area contributed by atoms with Gasteiger partial charge in [-0.2, -0.15) is 0 Å². The third-order valence-corrected chi connectivity index (χ3v) is 3.61. The van der Waals surface area contributed by atoms with Gasteiger partial charge in [0.2, 0.25) is 0 Å². The molecule has 108 valence electrons. The van der Waals surface area contributed by atoms with Crippen LogP contribution in [0.5, 0.6) is 0 Å². The van der Waals surface area contributed by atoms with Crippen molar-refractivity contribution >= 4 is 11.9 Å². The highest BCUT2D eigenvalue weighted by Crippen LogP contribution is 2.18. The fraction of sp³-hybridized carbons (Fsp3) is 0.467. The van der Waals surface area contributed by atoms with Crippen molar-refractivity contribution in [3.05, 3.63) is 35.4 Å². The molecule has 1 atom stereocenters. The summed E-state index contributed by atoms with van der Waals surface area (Å²) in [6, 6.07) is 6.75. The van der Waals surface area contributed by atoms with E-state index in [0.29, 0.717) is 18.0 Å². The first-order valence-corrected chi connectivity index (χ1v) is 6.98. The van der Waals surface area contributed by atoms with Crippen molar-refractivity contribution in [1.29, 1.82) is 0 Å². The molecule has 3 N–H and O–H groups in total. The number of likely N-dealkylation sites (tertiary alicyclic amines) is 1. The Morgan fingerprint density at radius 1 is 1.35 bits per heavy atom. The zero-order valence-electron chi connectivity index (χ0n) is 11.8. The highest BCUT2D eigenvalue weighted by molar-refractivity contribution is 5.94. The monoisotopic (exact) mass is 275 g/mol.